The maximum Gasteiger partial charge on any atom is 0.306 e. The van der Waals surface area contributed by atoms with E-state index in [2.05, 4.69) is 32.4 Å². The SMILES string of the molecule is CC(C)OC(C)C.CC/C(C)=C(\C)CC.O=C(O)CCC(=O)OCCO. The van der Waals surface area contributed by atoms with Gasteiger partial charge in [0.15, 0.2) is 0 Å². The standard InChI is InChI=1S/C8H16.C6H10O5.C6H14O/c1-5-7(3)8(4)6-2;7-3-4-11-6(10)2-1-5(8)9;1-5(2)7-6(3)4/h5-6H2,1-4H3;7H,1-4H2,(H,8,9);5-6H,1-4H3/b8-7+;;. The number of carboxylic acids is 1. The van der Waals surface area contributed by atoms with Crippen molar-refractivity contribution < 1.29 is 29.3 Å². The van der Waals surface area contributed by atoms with Crippen molar-refractivity contribution in [3.8, 4) is 0 Å². The second-order valence-electron chi connectivity index (χ2n) is 6.34. The highest BCUT2D eigenvalue weighted by molar-refractivity contribution is 5.76. The monoisotopic (exact) mass is 376 g/mol. The van der Waals surface area contributed by atoms with Crippen molar-refractivity contribution >= 4 is 11.9 Å². The quantitative estimate of drug-likeness (QED) is 0.459. The van der Waals surface area contributed by atoms with E-state index in [1.807, 2.05) is 27.7 Å². The summed E-state index contributed by atoms with van der Waals surface area (Å²) in [7, 11) is 0. The highest BCUT2D eigenvalue weighted by atomic mass is 16.5. The Hall–Kier alpha value is -1.40. The van der Waals surface area contributed by atoms with Crippen LogP contribution in [-0.2, 0) is 19.1 Å². The lowest BCUT2D eigenvalue weighted by Crippen LogP contribution is -2.10. The molecule has 26 heavy (non-hydrogen) atoms. The Morgan fingerprint density at radius 2 is 1.31 bits per heavy atom. The van der Waals surface area contributed by atoms with Crippen molar-refractivity contribution in [1.82, 2.24) is 0 Å². The fraction of sp³-hybridized carbons (Fsp3) is 0.800. The number of ether oxygens (including phenoxy) is 2. The zero-order valence-electron chi connectivity index (χ0n) is 17.9. The van der Waals surface area contributed by atoms with E-state index in [0.717, 1.165) is 0 Å². The third kappa shape index (κ3) is 27.4. The molecule has 0 aromatic heterocycles. The first-order chi connectivity index (χ1) is 12.0. The van der Waals surface area contributed by atoms with E-state index < -0.39 is 11.9 Å². The molecule has 0 aliphatic carbocycles. The molecule has 0 saturated carbocycles. The highest BCUT2D eigenvalue weighted by Crippen LogP contribution is 2.09. The molecule has 0 fully saturated rings. The van der Waals surface area contributed by atoms with Gasteiger partial charge in [-0.05, 0) is 54.4 Å². The number of aliphatic hydroxyl groups excluding tert-OH is 1. The van der Waals surface area contributed by atoms with Crippen LogP contribution in [0.25, 0.3) is 0 Å². The maximum absolute atomic E-state index is 10.5. The Kier molecular flexibility index (Phi) is 22.5. The summed E-state index contributed by atoms with van der Waals surface area (Å²) in [5.74, 6) is -1.63. The van der Waals surface area contributed by atoms with Crippen LogP contribution in [0.5, 0.6) is 0 Å². The molecular formula is C20H40O6. The van der Waals surface area contributed by atoms with Crippen LogP contribution in [0.4, 0.5) is 0 Å². The van der Waals surface area contributed by atoms with Crippen molar-refractivity contribution in [1.29, 1.82) is 0 Å². The molecular weight excluding hydrogens is 336 g/mol. The van der Waals surface area contributed by atoms with Crippen LogP contribution in [0.3, 0.4) is 0 Å². The Morgan fingerprint density at radius 1 is 0.885 bits per heavy atom. The van der Waals surface area contributed by atoms with Crippen molar-refractivity contribution in [2.24, 2.45) is 0 Å². The van der Waals surface area contributed by atoms with Gasteiger partial charge >= 0.3 is 11.9 Å². The molecule has 0 heterocycles. The minimum Gasteiger partial charge on any atom is -0.481 e. The molecule has 0 atom stereocenters. The number of carboxylic acid groups (broad SMARTS) is 1. The van der Waals surface area contributed by atoms with E-state index in [4.69, 9.17) is 14.9 Å². The van der Waals surface area contributed by atoms with Gasteiger partial charge in [0.05, 0.1) is 31.7 Å². The van der Waals surface area contributed by atoms with Crippen molar-refractivity contribution in [2.45, 2.75) is 93.3 Å². The first kappa shape index (κ1) is 29.4. The Bertz CT molecular complexity index is 368. The second kappa shape index (κ2) is 19.9. The topological polar surface area (TPSA) is 93.1 Å². The molecule has 0 aromatic carbocycles. The van der Waals surface area contributed by atoms with E-state index in [-0.39, 0.29) is 26.1 Å². The minimum absolute atomic E-state index is 0.0710. The van der Waals surface area contributed by atoms with Crippen molar-refractivity contribution in [3.63, 3.8) is 0 Å². The predicted molar refractivity (Wildman–Crippen MR) is 105 cm³/mol. The summed E-state index contributed by atoms with van der Waals surface area (Å²) in [4.78, 5) is 20.4. The Morgan fingerprint density at radius 3 is 1.54 bits per heavy atom. The summed E-state index contributed by atoms with van der Waals surface area (Å²) in [6.07, 6.45) is 2.79. The largest absolute Gasteiger partial charge is 0.481 e. The molecule has 0 amide bonds. The van der Waals surface area contributed by atoms with Gasteiger partial charge in [-0.15, -0.1) is 0 Å². The zero-order chi connectivity index (χ0) is 21.1. The molecule has 0 spiro atoms. The lowest BCUT2D eigenvalue weighted by Gasteiger charge is -2.09. The van der Waals surface area contributed by atoms with Crippen LogP contribution in [0, 0.1) is 0 Å². The van der Waals surface area contributed by atoms with E-state index in [1.54, 1.807) is 11.1 Å². The molecule has 0 aromatic rings. The number of aliphatic hydroxyl groups is 1. The average Bonchev–Trinajstić information content (AvgIpc) is 2.56. The lowest BCUT2D eigenvalue weighted by molar-refractivity contribution is -0.148. The van der Waals surface area contributed by atoms with Gasteiger partial charge in [-0.2, -0.15) is 0 Å². The summed E-state index contributed by atoms with van der Waals surface area (Å²) < 4.78 is 9.64. The summed E-state index contributed by atoms with van der Waals surface area (Å²) in [6, 6.07) is 0. The number of hydrogen-bond donors (Lipinski definition) is 2. The van der Waals surface area contributed by atoms with Gasteiger partial charge in [0.2, 0.25) is 0 Å². The molecule has 0 radical (unpaired) electrons. The number of hydrogen-bond acceptors (Lipinski definition) is 5. The highest BCUT2D eigenvalue weighted by Gasteiger charge is 2.05. The first-order valence-corrected chi connectivity index (χ1v) is 9.30. The van der Waals surface area contributed by atoms with E-state index in [0.29, 0.717) is 12.2 Å². The van der Waals surface area contributed by atoms with Crippen LogP contribution in [0.15, 0.2) is 11.1 Å². The fourth-order valence-corrected chi connectivity index (χ4v) is 1.59. The van der Waals surface area contributed by atoms with E-state index >= 15 is 0 Å². The van der Waals surface area contributed by atoms with Crippen molar-refractivity contribution in [3.05, 3.63) is 11.1 Å². The van der Waals surface area contributed by atoms with Gasteiger partial charge < -0.3 is 19.7 Å². The molecule has 0 aliphatic heterocycles. The second-order valence-corrected chi connectivity index (χ2v) is 6.34. The van der Waals surface area contributed by atoms with Crippen LogP contribution < -0.4 is 0 Å². The third-order valence-corrected chi connectivity index (χ3v) is 3.23. The van der Waals surface area contributed by atoms with Crippen LogP contribution in [0.1, 0.15) is 81.1 Å². The number of esters is 1. The van der Waals surface area contributed by atoms with Gasteiger partial charge in [0.1, 0.15) is 6.61 Å². The molecule has 156 valence electrons. The molecule has 2 N–H and O–H groups in total. The van der Waals surface area contributed by atoms with Crippen LogP contribution in [-0.4, -0.2) is 47.6 Å². The lowest BCUT2D eigenvalue weighted by atomic mass is 10.1. The van der Waals surface area contributed by atoms with Gasteiger partial charge in [0.25, 0.3) is 0 Å². The number of carbonyl (C=O) groups excluding carboxylic acids is 1. The normalized spacial score (nSPS) is 11.0. The van der Waals surface area contributed by atoms with Crippen LogP contribution in [0.2, 0.25) is 0 Å². The van der Waals surface area contributed by atoms with Crippen LogP contribution >= 0.6 is 0 Å². The molecule has 6 nitrogen and oxygen atoms in total. The number of carbonyl (C=O) groups is 2. The predicted octanol–water partition coefficient (Wildman–Crippen LogP) is 4.35. The van der Waals surface area contributed by atoms with Gasteiger partial charge in [-0.25, -0.2) is 0 Å². The molecule has 0 saturated heterocycles. The third-order valence-electron chi connectivity index (χ3n) is 3.23. The van der Waals surface area contributed by atoms with Gasteiger partial charge in [-0.1, -0.05) is 25.0 Å². The van der Waals surface area contributed by atoms with Gasteiger partial charge in [-0.3, -0.25) is 9.59 Å². The summed E-state index contributed by atoms with van der Waals surface area (Å²) in [5.41, 5.74) is 3.10. The summed E-state index contributed by atoms with van der Waals surface area (Å²) in [5, 5.41) is 16.3. The maximum atomic E-state index is 10.5. The molecule has 0 rings (SSSR count). The summed E-state index contributed by atoms with van der Waals surface area (Å²) >= 11 is 0. The molecule has 0 unspecified atom stereocenters. The van der Waals surface area contributed by atoms with Crippen molar-refractivity contribution in [2.75, 3.05) is 13.2 Å². The molecule has 0 bridgehead atoms. The minimum atomic E-state index is -1.04. The number of rotatable bonds is 9. The smallest absolute Gasteiger partial charge is 0.306 e. The van der Waals surface area contributed by atoms with Gasteiger partial charge in [0, 0.05) is 0 Å². The molecule has 6 heteroatoms. The average molecular weight is 377 g/mol. The molecule has 0 aliphatic rings. The van der Waals surface area contributed by atoms with E-state index in [1.165, 1.54) is 12.8 Å². The number of aliphatic carboxylic acids is 1. The van der Waals surface area contributed by atoms with E-state index in [9.17, 15) is 9.59 Å². The first-order valence-electron chi connectivity index (χ1n) is 9.30. The Labute approximate surface area is 159 Å². The Balaban J connectivity index is -0.000000315. The fourth-order valence-electron chi connectivity index (χ4n) is 1.59. The summed E-state index contributed by atoms with van der Waals surface area (Å²) in [6.45, 7) is 16.7. The number of allylic oxidation sites excluding steroid dienone is 2. The zero-order valence-corrected chi connectivity index (χ0v) is 17.9.